The van der Waals surface area contributed by atoms with Gasteiger partial charge in [-0.2, -0.15) is 0 Å². The molecule has 0 bridgehead atoms. The van der Waals surface area contributed by atoms with E-state index in [0.717, 1.165) is 53.5 Å². The van der Waals surface area contributed by atoms with Crippen molar-refractivity contribution in [2.45, 2.75) is 19.5 Å². The molecule has 2 aromatic heterocycles. The van der Waals surface area contributed by atoms with Gasteiger partial charge in [0.25, 0.3) is 0 Å². The molecule has 4 rings (SSSR count). The van der Waals surface area contributed by atoms with Crippen LogP contribution >= 0.6 is 0 Å². The van der Waals surface area contributed by atoms with Crippen molar-refractivity contribution in [3.8, 4) is 34.0 Å². The van der Waals surface area contributed by atoms with Gasteiger partial charge >= 0.3 is 0 Å². The number of aryl methyl sites for hydroxylation is 2. The van der Waals surface area contributed by atoms with Crippen molar-refractivity contribution in [2.24, 2.45) is 0 Å². The Balaban J connectivity index is 1.43. The molecule has 0 aliphatic carbocycles. The zero-order valence-electron chi connectivity index (χ0n) is 16.4. The number of aromatic nitrogens is 6. The molecule has 4 aromatic rings. The third-order valence-corrected chi connectivity index (χ3v) is 4.75. The Morgan fingerprint density at radius 3 is 1.45 bits per heavy atom. The number of nitrogens with zero attached hydrogens (tertiary/aromatic N) is 6. The molecule has 0 fully saturated rings. The molecule has 0 atom stereocenters. The highest BCUT2D eigenvalue weighted by Gasteiger charge is 2.10. The number of ether oxygens (including phenoxy) is 2. The van der Waals surface area contributed by atoms with Gasteiger partial charge in [0.2, 0.25) is 0 Å². The van der Waals surface area contributed by atoms with Crippen LogP contribution in [0.4, 0.5) is 0 Å². The van der Waals surface area contributed by atoms with Crippen molar-refractivity contribution >= 4 is 0 Å². The van der Waals surface area contributed by atoms with Crippen LogP contribution in [0.2, 0.25) is 0 Å². The first-order valence-corrected chi connectivity index (χ1v) is 9.34. The van der Waals surface area contributed by atoms with E-state index < -0.39 is 0 Å². The van der Waals surface area contributed by atoms with E-state index in [4.69, 9.17) is 9.47 Å². The van der Waals surface area contributed by atoms with Crippen molar-refractivity contribution < 1.29 is 9.47 Å². The van der Waals surface area contributed by atoms with Crippen LogP contribution in [0.1, 0.15) is 6.42 Å². The lowest BCUT2D eigenvalue weighted by molar-refractivity contribution is 0.414. The van der Waals surface area contributed by atoms with Gasteiger partial charge in [-0.05, 0) is 55.0 Å². The Labute approximate surface area is 168 Å². The van der Waals surface area contributed by atoms with Gasteiger partial charge in [0.1, 0.15) is 11.5 Å². The largest absolute Gasteiger partial charge is 0.497 e. The highest BCUT2D eigenvalue weighted by atomic mass is 16.5. The molecule has 0 amide bonds. The van der Waals surface area contributed by atoms with Crippen molar-refractivity contribution in [2.75, 3.05) is 14.2 Å². The summed E-state index contributed by atoms with van der Waals surface area (Å²) >= 11 is 0. The average molecular weight is 390 g/mol. The number of hydrogen-bond donors (Lipinski definition) is 0. The maximum Gasteiger partial charge on any atom is 0.118 e. The van der Waals surface area contributed by atoms with Gasteiger partial charge in [-0.25, -0.2) is 9.36 Å². The molecule has 0 aliphatic rings. The zero-order chi connectivity index (χ0) is 20.1. The molecule has 0 saturated heterocycles. The van der Waals surface area contributed by atoms with E-state index in [-0.39, 0.29) is 0 Å². The Morgan fingerprint density at radius 2 is 1.07 bits per heavy atom. The van der Waals surface area contributed by atoms with Gasteiger partial charge < -0.3 is 9.47 Å². The molecule has 0 N–H and O–H groups in total. The van der Waals surface area contributed by atoms with Crippen molar-refractivity contribution in [3.63, 3.8) is 0 Å². The summed E-state index contributed by atoms with van der Waals surface area (Å²) < 4.78 is 14.3. The van der Waals surface area contributed by atoms with E-state index in [0.29, 0.717) is 0 Å². The third kappa shape index (κ3) is 4.11. The number of methoxy groups -OCH3 is 2. The third-order valence-electron chi connectivity index (χ3n) is 4.75. The first-order chi connectivity index (χ1) is 14.3. The lowest BCUT2D eigenvalue weighted by atomic mass is 10.1. The molecule has 0 aliphatic heterocycles. The summed E-state index contributed by atoms with van der Waals surface area (Å²) in [5.41, 5.74) is 4.05. The van der Waals surface area contributed by atoms with Crippen LogP contribution in [0, 0.1) is 0 Å². The van der Waals surface area contributed by atoms with E-state index in [1.807, 2.05) is 57.9 Å². The van der Waals surface area contributed by atoms with Crippen LogP contribution in [0.25, 0.3) is 22.5 Å². The maximum atomic E-state index is 5.22. The van der Waals surface area contributed by atoms with Gasteiger partial charge in [-0.3, -0.25) is 0 Å². The molecule has 2 heterocycles. The minimum atomic E-state index is 0.725. The van der Waals surface area contributed by atoms with Gasteiger partial charge in [0.15, 0.2) is 0 Å². The molecule has 0 unspecified atom stereocenters. The van der Waals surface area contributed by atoms with E-state index in [9.17, 15) is 0 Å². The lowest BCUT2D eigenvalue weighted by Crippen LogP contribution is -2.09. The molecule has 0 spiro atoms. The van der Waals surface area contributed by atoms with Gasteiger partial charge in [-0.15, -0.1) is 10.2 Å². The highest BCUT2D eigenvalue weighted by Crippen LogP contribution is 2.23. The predicted molar refractivity (Wildman–Crippen MR) is 109 cm³/mol. The first kappa shape index (κ1) is 18.7. The molecule has 8 nitrogen and oxygen atoms in total. The summed E-state index contributed by atoms with van der Waals surface area (Å²) in [6.07, 6.45) is 4.40. The highest BCUT2D eigenvalue weighted by molar-refractivity contribution is 5.60. The van der Waals surface area contributed by atoms with Crippen molar-refractivity contribution in [1.82, 2.24) is 30.0 Å². The second-order valence-electron chi connectivity index (χ2n) is 6.50. The number of hydrogen-bond acceptors (Lipinski definition) is 6. The fourth-order valence-corrected chi connectivity index (χ4v) is 3.19. The Morgan fingerprint density at radius 1 is 0.655 bits per heavy atom. The molecule has 0 radical (unpaired) electrons. The summed E-state index contributed by atoms with van der Waals surface area (Å²) in [5.74, 6) is 1.65. The fraction of sp³-hybridized carbons (Fsp3) is 0.238. The predicted octanol–water partition coefficient (Wildman–Crippen LogP) is 3.31. The summed E-state index contributed by atoms with van der Waals surface area (Å²) in [5, 5.41) is 16.6. The van der Waals surface area contributed by atoms with Crippen LogP contribution < -0.4 is 9.47 Å². The second kappa shape index (κ2) is 8.55. The van der Waals surface area contributed by atoms with Crippen LogP contribution in [-0.2, 0) is 13.1 Å². The van der Waals surface area contributed by atoms with Crippen LogP contribution in [0.3, 0.4) is 0 Å². The fourth-order valence-electron chi connectivity index (χ4n) is 3.19. The minimum Gasteiger partial charge on any atom is -0.497 e. The lowest BCUT2D eigenvalue weighted by Gasteiger charge is -2.09. The van der Waals surface area contributed by atoms with Gasteiger partial charge in [-0.1, -0.05) is 10.4 Å². The van der Waals surface area contributed by atoms with E-state index >= 15 is 0 Å². The zero-order valence-corrected chi connectivity index (χ0v) is 16.4. The Kier molecular flexibility index (Phi) is 5.51. The van der Waals surface area contributed by atoms with Gasteiger partial charge in [0, 0.05) is 24.2 Å². The SMILES string of the molecule is COc1ccc(-c2cnnn2CCCn2nncc2-c2ccc(OC)cc2)cc1. The van der Waals surface area contributed by atoms with E-state index in [1.54, 1.807) is 26.6 Å². The molecule has 0 saturated carbocycles. The number of benzene rings is 2. The smallest absolute Gasteiger partial charge is 0.118 e. The monoisotopic (exact) mass is 390 g/mol. The van der Waals surface area contributed by atoms with Crippen molar-refractivity contribution in [1.29, 1.82) is 0 Å². The van der Waals surface area contributed by atoms with Gasteiger partial charge in [0.05, 0.1) is 38.0 Å². The standard InChI is InChI=1S/C21H22N6O2/c1-28-18-8-4-16(5-9-18)20-14-22-24-26(20)12-3-13-27-21(15-23-25-27)17-6-10-19(29-2)11-7-17/h4-11,14-15H,3,12-13H2,1-2H3. The first-order valence-electron chi connectivity index (χ1n) is 9.34. The van der Waals surface area contributed by atoms with E-state index in [1.165, 1.54) is 0 Å². The maximum absolute atomic E-state index is 5.22. The topological polar surface area (TPSA) is 79.9 Å². The Bertz CT molecular complexity index is 968. The molecule has 148 valence electrons. The van der Waals surface area contributed by atoms with Crippen LogP contribution in [0.5, 0.6) is 11.5 Å². The summed E-state index contributed by atoms with van der Waals surface area (Å²) in [6.45, 7) is 1.45. The second-order valence-corrected chi connectivity index (χ2v) is 6.50. The normalized spacial score (nSPS) is 10.8. The van der Waals surface area contributed by atoms with E-state index in [2.05, 4.69) is 20.6 Å². The summed E-state index contributed by atoms with van der Waals surface area (Å²) in [4.78, 5) is 0. The molecule has 2 aromatic carbocycles. The van der Waals surface area contributed by atoms with Crippen LogP contribution in [0.15, 0.2) is 60.9 Å². The molecule has 8 heteroatoms. The Hall–Kier alpha value is -3.68. The minimum absolute atomic E-state index is 0.725. The van der Waals surface area contributed by atoms with Crippen LogP contribution in [-0.4, -0.2) is 44.2 Å². The van der Waals surface area contributed by atoms with Crippen molar-refractivity contribution in [3.05, 3.63) is 60.9 Å². The summed E-state index contributed by atoms with van der Waals surface area (Å²) in [7, 11) is 3.32. The molecular formula is C21H22N6O2. The molecule has 29 heavy (non-hydrogen) atoms. The molecular weight excluding hydrogens is 368 g/mol. The average Bonchev–Trinajstić information content (AvgIpc) is 3.44. The quantitative estimate of drug-likeness (QED) is 0.459. The number of rotatable bonds is 8. The summed E-state index contributed by atoms with van der Waals surface area (Å²) in [6, 6.07) is 15.8.